The second-order valence-electron chi connectivity index (χ2n) is 6.87. The van der Waals surface area contributed by atoms with Crippen molar-refractivity contribution in [2.75, 3.05) is 19.6 Å². The molecule has 0 aromatic heterocycles. The maximum Gasteiger partial charge on any atom is 0.238 e. The van der Waals surface area contributed by atoms with Crippen molar-refractivity contribution >= 4 is 11.8 Å². The lowest BCUT2D eigenvalue weighted by Gasteiger charge is -2.36. The summed E-state index contributed by atoms with van der Waals surface area (Å²) in [4.78, 5) is 29.3. The fourth-order valence-corrected chi connectivity index (χ4v) is 3.47. The fraction of sp³-hybridized carbons (Fsp3) is 0.556. The van der Waals surface area contributed by atoms with Crippen molar-refractivity contribution < 1.29 is 9.59 Å². The van der Waals surface area contributed by atoms with Gasteiger partial charge in [0.25, 0.3) is 0 Å². The van der Waals surface area contributed by atoms with E-state index >= 15 is 0 Å². The van der Waals surface area contributed by atoms with Gasteiger partial charge in [0, 0.05) is 26.2 Å². The molecule has 0 spiro atoms. The molecule has 1 aromatic rings. The Morgan fingerprint density at radius 1 is 0.909 bits per heavy atom. The predicted octanol–water partition coefficient (Wildman–Crippen LogP) is 2.22. The normalized spacial score (nSPS) is 18.3. The van der Waals surface area contributed by atoms with Gasteiger partial charge >= 0.3 is 0 Å². The van der Waals surface area contributed by atoms with Gasteiger partial charge < -0.3 is 9.80 Å². The molecule has 0 bridgehead atoms. The molecule has 3 rings (SSSR count). The van der Waals surface area contributed by atoms with E-state index in [1.165, 1.54) is 11.1 Å². The van der Waals surface area contributed by atoms with Gasteiger partial charge in [0.1, 0.15) is 5.41 Å². The monoisotopic (exact) mass is 300 g/mol. The number of fused-ring (bicyclic) bond motifs is 1. The Labute approximate surface area is 132 Å². The summed E-state index contributed by atoms with van der Waals surface area (Å²) < 4.78 is 0. The largest absolute Gasteiger partial charge is 0.342 e. The van der Waals surface area contributed by atoms with Gasteiger partial charge in [-0.1, -0.05) is 24.3 Å². The highest BCUT2D eigenvalue weighted by Gasteiger charge is 2.42. The quantitative estimate of drug-likeness (QED) is 0.786. The minimum Gasteiger partial charge on any atom is -0.342 e. The summed E-state index contributed by atoms with van der Waals surface area (Å²) in [5.41, 5.74) is 1.55. The van der Waals surface area contributed by atoms with Crippen LogP contribution in [0.5, 0.6) is 0 Å². The van der Waals surface area contributed by atoms with E-state index in [1.54, 1.807) is 13.8 Å². The molecule has 1 aromatic carbocycles. The Bertz CT molecular complexity index is 589. The van der Waals surface area contributed by atoms with Crippen LogP contribution in [0.3, 0.4) is 0 Å². The first-order valence-corrected chi connectivity index (χ1v) is 8.15. The second-order valence-corrected chi connectivity index (χ2v) is 6.87. The van der Waals surface area contributed by atoms with Crippen LogP contribution in [-0.2, 0) is 22.6 Å². The van der Waals surface area contributed by atoms with E-state index in [-0.39, 0.29) is 11.8 Å². The summed E-state index contributed by atoms with van der Waals surface area (Å²) >= 11 is 0. The van der Waals surface area contributed by atoms with Crippen LogP contribution in [0.2, 0.25) is 0 Å². The molecule has 1 fully saturated rings. The van der Waals surface area contributed by atoms with Crippen LogP contribution in [0.1, 0.15) is 37.8 Å². The van der Waals surface area contributed by atoms with E-state index in [4.69, 9.17) is 0 Å². The Hall–Kier alpha value is -1.84. The highest BCUT2D eigenvalue weighted by atomic mass is 16.2. The lowest BCUT2D eigenvalue weighted by atomic mass is 9.88. The summed E-state index contributed by atoms with van der Waals surface area (Å²) in [5.74, 6) is -0.0623. The maximum absolute atomic E-state index is 12.9. The minimum absolute atomic E-state index is 0.0196. The lowest BCUT2D eigenvalue weighted by Crippen LogP contribution is -2.51. The Kier molecular flexibility index (Phi) is 3.94. The molecule has 0 unspecified atom stereocenters. The van der Waals surface area contributed by atoms with Crippen molar-refractivity contribution in [1.29, 1.82) is 0 Å². The minimum atomic E-state index is -0.962. The molecule has 2 aliphatic heterocycles. The molecule has 0 aliphatic carbocycles. The summed E-state index contributed by atoms with van der Waals surface area (Å²) in [6.07, 6.45) is 2.97. The van der Waals surface area contributed by atoms with Crippen molar-refractivity contribution in [1.82, 2.24) is 9.80 Å². The molecule has 22 heavy (non-hydrogen) atoms. The number of rotatable bonds is 2. The molecular formula is C18H24N2O2. The zero-order chi connectivity index (χ0) is 15.7. The molecule has 0 N–H and O–H groups in total. The van der Waals surface area contributed by atoms with Crippen LogP contribution in [-0.4, -0.2) is 41.2 Å². The number of hydrogen-bond acceptors (Lipinski definition) is 2. The molecule has 4 nitrogen and oxygen atoms in total. The van der Waals surface area contributed by atoms with Gasteiger partial charge in [0.15, 0.2) is 0 Å². The van der Waals surface area contributed by atoms with E-state index in [0.29, 0.717) is 13.1 Å². The average molecular weight is 300 g/mol. The van der Waals surface area contributed by atoms with Crippen molar-refractivity contribution in [2.45, 2.75) is 39.7 Å². The summed E-state index contributed by atoms with van der Waals surface area (Å²) in [6.45, 7) is 6.45. The summed E-state index contributed by atoms with van der Waals surface area (Å²) in [5, 5.41) is 0. The fourth-order valence-electron chi connectivity index (χ4n) is 3.47. The third kappa shape index (κ3) is 2.62. The van der Waals surface area contributed by atoms with Crippen molar-refractivity contribution in [3.63, 3.8) is 0 Å². The number of benzene rings is 1. The maximum atomic E-state index is 12.9. The lowest BCUT2D eigenvalue weighted by molar-refractivity contribution is -0.154. The smallest absolute Gasteiger partial charge is 0.238 e. The average Bonchev–Trinajstić information content (AvgIpc) is 3.07. The number of carbonyl (C=O) groups excluding carboxylic acids is 2. The van der Waals surface area contributed by atoms with Crippen LogP contribution in [0.4, 0.5) is 0 Å². The highest BCUT2D eigenvalue weighted by molar-refractivity contribution is 6.04. The molecule has 2 amide bonds. The molecule has 118 valence electrons. The third-order valence-electron chi connectivity index (χ3n) is 4.88. The Balaban J connectivity index is 1.74. The van der Waals surface area contributed by atoms with Gasteiger partial charge in [-0.05, 0) is 44.2 Å². The molecule has 0 radical (unpaired) electrons. The first-order valence-electron chi connectivity index (χ1n) is 8.15. The molecular weight excluding hydrogens is 276 g/mol. The van der Waals surface area contributed by atoms with E-state index in [1.807, 2.05) is 21.9 Å². The Morgan fingerprint density at radius 3 is 2.18 bits per heavy atom. The SMILES string of the molecule is CC(C)(C(=O)N1CCCC1)C(=O)N1CCc2ccccc2C1. The van der Waals surface area contributed by atoms with Crippen LogP contribution in [0, 0.1) is 5.41 Å². The van der Waals surface area contributed by atoms with Gasteiger partial charge in [-0.2, -0.15) is 0 Å². The van der Waals surface area contributed by atoms with Gasteiger partial charge in [0.05, 0.1) is 0 Å². The molecule has 0 atom stereocenters. The van der Waals surface area contributed by atoms with Gasteiger partial charge in [-0.25, -0.2) is 0 Å². The van der Waals surface area contributed by atoms with Crippen molar-refractivity contribution in [2.24, 2.45) is 5.41 Å². The van der Waals surface area contributed by atoms with Gasteiger partial charge in [0.2, 0.25) is 11.8 Å². The van der Waals surface area contributed by atoms with E-state index < -0.39 is 5.41 Å². The second kappa shape index (κ2) is 5.75. The zero-order valence-electron chi connectivity index (χ0n) is 13.5. The molecule has 2 heterocycles. The predicted molar refractivity (Wildman–Crippen MR) is 85.2 cm³/mol. The molecule has 1 saturated heterocycles. The van der Waals surface area contributed by atoms with E-state index in [2.05, 4.69) is 12.1 Å². The van der Waals surface area contributed by atoms with Crippen molar-refractivity contribution in [3.05, 3.63) is 35.4 Å². The molecule has 4 heteroatoms. The summed E-state index contributed by atoms with van der Waals surface area (Å²) in [7, 11) is 0. The number of likely N-dealkylation sites (tertiary alicyclic amines) is 1. The molecule has 2 aliphatic rings. The van der Waals surface area contributed by atoms with Crippen LogP contribution in [0.15, 0.2) is 24.3 Å². The molecule has 0 saturated carbocycles. The first kappa shape index (κ1) is 15.1. The Morgan fingerprint density at radius 2 is 1.50 bits per heavy atom. The highest BCUT2D eigenvalue weighted by Crippen LogP contribution is 2.28. The first-order chi connectivity index (χ1) is 10.5. The standard InChI is InChI=1S/C18H24N2O2/c1-18(2,16(21)19-10-5-6-11-19)17(22)20-12-9-14-7-3-4-8-15(14)13-20/h3-4,7-8H,5-6,9-13H2,1-2H3. The van der Waals surface area contributed by atoms with Crippen LogP contribution >= 0.6 is 0 Å². The van der Waals surface area contributed by atoms with Crippen molar-refractivity contribution in [3.8, 4) is 0 Å². The van der Waals surface area contributed by atoms with E-state index in [9.17, 15) is 9.59 Å². The van der Waals surface area contributed by atoms with Crippen LogP contribution in [0.25, 0.3) is 0 Å². The summed E-state index contributed by atoms with van der Waals surface area (Å²) in [6, 6.07) is 8.24. The number of hydrogen-bond donors (Lipinski definition) is 0. The van der Waals surface area contributed by atoms with Crippen LogP contribution < -0.4 is 0 Å². The van der Waals surface area contributed by atoms with E-state index in [0.717, 1.165) is 32.4 Å². The van der Waals surface area contributed by atoms with Gasteiger partial charge in [-0.15, -0.1) is 0 Å². The number of nitrogens with zero attached hydrogens (tertiary/aromatic N) is 2. The zero-order valence-corrected chi connectivity index (χ0v) is 13.5. The third-order valence-corrected chi connectivity index (χ3v) is 4.88. The number of carbonyl (C=O) groups is 2. The topological polar surface area (TPSA) is 40.6 Å². The van der Waals surface area contributed by atoms with Gasteiger partial charge in [-0.3, -0.25) is 9.59 Å². The number of amides is 2.